The maximum atomic E-state index is 13.1. The van der Waals surface area contributed by atoms with Crippen molar-refractivity contribution in [2.24, 2.45) is 0 Å². The van der Waals surface area contributed by atoms with Gasteiger partial charge in [-0.15, -0.1) is 11.3 Å². The molecule has 2 aromatic carbocycles. The van der Waals surface area contributed by atoms with Crippen molar-refractivity contribution in [3.63, 3.8) is 0 Å². The van der Waals surface area contributed by atoms with Gasteiger partial charge in [-0.1, -0.05) is 12.1 Å². The summed E-state index contributed by atoms with van der Waals surface area (Å²) in [6.45, 7) is 4.14. The normalized spacial score (nSPS) is 12.7. The maximum absolute atomic E-state index is 13.1. The van der Waals surface area contributed by atoms with E-state index in [1.165, 1.54) is 35.6 Å². The van der Waals surface area contributed by atoms with Gasteiger partial charge in [0.1, 0.15) is 16.6 Å². The average Bonchev–Trinajstić information content (AvgIpc) is 3.10. The van der Waals surface area contributed by atoms with E-state index in [1.807, 2.05) is 31.2 Å². The number of ether oxygens (including phenoxy) is 1. The van der Waals surface area contributed by atoms with Gasteiger partial charge in [0.2, 0.25) is 0 Å². The van der Waals surface area contributed by atoms with Crippen molar-refractivity contribution in [1.82, 2.24) is 4.98 Å². The van der Waals surface area contributed by atoms with Crippen molar-refractivity contribution in [1.29, 1.82) is 0 Å². The van der Waals surface area contributed by atoms with E-state index in [-0.39, 0.29) is 11.6 Å². The summed E-state index contributed by atoms with van der Waals surface area (Å²) < 4.78 is 43.9. The zero-order valence-electron chi connectivity index (χ0n) is 15.1. The number of aromatic nitrogens is 1. The molecule has 1 aromatic heterocycles. The molecule has 0 aliphatic carbocycles. The molecule has 142 valence electrons. The van der Waals surface area contributed by atoms with Crippen LogP contribution in [0.25, 0.3) is 10.6 Å². The van der Waals surface area contributed by atoms with E-state index >= 15 is 0 Å². The first kappa shape index (κ1) is 19.5. The topological polar surface area (TPSA) is 56.3 Å². The van der Waals surface area contributed by atoms with Crippen LogP contribution in [0.2, 0.25) is 0 Å². The Hall–Kier alpha value is -2.25. The van der Waals surface area contributed by atoms with Crippen LogP contribution in [0, 0.1) is 5.82 Å². The van der Waals surface area contributed by atoms with Crippen molar-refractivity contribution in [3.05, 3.63) is 71.0 Å². The molecule has 3 rings (SSSR count). The minimum Gasteiger partial charge on any atom is -0.494 e. The van der Waals surface area contributed by atoms with Gasteiger partial charge in [-0.25, -0.2) is 17.8 Å². The summed E-state index contributed by atoms with van der Waals surface area (Å²) >= 11 is 1.41. The van der Waals surface area contributed by atoms with Crippen molar-refractivity contribution in [2.75, 3.05) is 6.61 Å². The van der Waals surface area contributed by atoms with Crippen LogP contribution in [0.5, 0.6) is 5.75 Å². The standard InChI is InChI=1S/C20H20FNO3S2/c1-3-25-19-10-6-16(7-11-19)20-22-18(12-26-20)13-27(23,24)14(2)15-4-8-17(21)9-5-15/h4-12,14H,3,13H2,1-2H3. The number of sulfone groups is 1. The second-order valence-electron chi connectivity index (χ2n) is 6.10. The third kappa shape index (κ3) is 4.73. The number of halogens is 1. The van der Waals surface area contributed by atoms with Crippen molar-refractivity contribution < 1.29 is 17.5 Å². The average molecular weight is 406 g/mol. The Balaban J connectivity index is 1.75. The van der Waals surface area contributed by atoms with Crippen LogP contribution < -0.4 is 4.74 Å². The highest BCUT2D eigenvalue weighted by Crippen LogP contribution is 2.29. The van der Waals surface area contributed by atoms with E-state index in [9.17, 15) is 12.8 Å². The van der Waals surface area contributed by atoms with Crippen LogP contribution in [0.15, 0.2) is 53.9 Å². The number of hydrogen-bond acceptors (Lipinski definition) is 5. The first-order chi connectivity index (χ1) is 12.9. The van der Waals surface area contributed by atoms with Gasteiger partial charge in [0.15, 0.2) is 9.84 Å². The first-order valence-corrected chi connectivity index (χ1v) is 11.1. The van der Waals surface area contributed by atoms with E-state index in [0.717, 1.165) is 16.3 Å². The highest BCUT2D eigenvalue weighted by molar-refractivity contribution is 7.90. The number of benzene rings is 2. The molecule has 3 aromatic rings. The van der Waals surface area contributed by atoms with Gasteiger partial charge in [0.05, 0.1) is 23.3 Å². The molecule has 0 amide bonds. The number of thiazole rings is 1. The van der Waals surface area contributed by atoms with E-state index in [4.69, 9.17) is 4.74 Å². The lowest BCUT2D eigenvalue weighted by Gasteiger charge is -2.12. The quantitative estimate of drug-likeness (QED) is 0.554. The minimum absolute atomic E-state index is 0.154. The molecule has 1 heterocycles. The molecule has 0 saturated carbocycles. The zero-order chi connectivity index (χ0) is 19.4. The molecule has 0 bridgehead atoms. The molecule has 0 aliphatic heterocycles. The summed E-state index contributed by atoms with van der Waals surface area (Å²) in [7, 11) is -3.46. The second-order valence-corrected chi connectivity index (χ2v) is 9.28. The Morgan fingerprint density at radius 2 is 1.78 bits per heavy atom. The summed E-state index contributed by atoms with van der Waals surface area (Å²) in [4.78, 5) is 4.47. The van der Waals surface area contributed by atoms with E-state index in [2.05, 4.69) is 4.98 Å². The molecular formula is C20H20FNO3S2. The van der Waals surface area contributed by atoms with Crippen LogP contribution in [0.4, 0.5) is 4.39 Å². The molecule has 0 saturated heterocycles. The number of nitrogens with zero attached hydrogens (tertiary/aromatic N) is 1. The Kier molecular flexibility index (Phi) is 5.92. The van der Waals surface area contributed by atoms with Gasteiger partial charge < -0.3 is 4.74 Å². The van der Waals surface area contributed by atoms with E-state index in [1.54, 1.807) is 12.3 Å². The van der Waals surface area contributed by atoms with Crippen molar-refractivity contribution >= 4 is 21.2 Å². The molecule has 0 radical (unpaired) electrons. The van der Waals surface area contributed by atoms with Crippen LogP contribution in [-0.4, -0.2) is 20.0 Å². The van der Waals surface area contributed by atoms with Crippen LogP contribution >= 0.6 is 11.3 Å². The monoisotopic (exact) mass is 405 g/mol. The predicted octanol–water partition coefficient (Wildman–Crippen LogP) is 5.02. The van der Waals surface area contributed by atoms with Gasteiger partial charge in [-0.3, -0.25) is 0 Å². The fourth-order valence-corrected chi connectivity index (χ4v) is 4.95. The number of hydrogen-bond donors (Lipinski definition) is 0. The Labute approximate surface area is 162 Å². The molecule has 4 nitrogen and oxygen atoms in total. The highest BCUT2D eigenvalue weighted by Gasteiger charge is 2.24. The van der Waals surface area contributed by atoms with Gasteiger partial charge >= 0.3 is 0 Å². The van der Waals surface area contributed by atoms with Crippen molar-refractivity contribution in [2.45, 2.75) is 24.9 Å². The zero-order valence-corrected chi connectivity index (χ0v) is 16.7. The lowest BCUT2D eigenvalue weighted by atomic mass is 10.2. The lowest BCUT2D eigenvalue weighted by molar-refractivity contribution is 0.340. The van der Waals surface area contributed by atoms with E-state index in [0.29, 0.717) is 17.9 Å². The summed E-state index contributed by atoms with van der Waals surface area (Å²) in [5.41, 5.74) is 2.00. The van der Waals surface area contributed by atoms with Crippen LogP contribution in [0.3, 0.4) is 0 Å². The van der Waals surface area contributed by atoms with Gasteiger partial charge in [0, 0.05) is 10.9 Å². The lowest BCUT2D eigenvalue weighted by Crippen LogP contribution is -2.13. The minimum atomic E-state index is -3.46. The molecule has 1 unspecified atom stereocenters. The molecule has 27 heavy (non-hydrogen) atoms. The number of rotatable bonds is 7. The summed E-state index contributed by atoms with van der Waals surface area (Å²) in [5.74, 6) is 0.246. The Morgan fingerprint density at radius 3 is 2.41 bits per heavy atom. The molecule has 0 aliphatic rings. The molecule has 0 fully saturated rings. The largest absolute Gasteiger partial charge is 0.494 e. The second kappa shape index (κ2) is 8.19. The van der Waals surface area contributed by atoms with Crippen LogP contribution in [-0.2, 0) is 15.6 Å². The first-order valence-electron chi connectivity index (χ1n) is 8.53. The van der Waals surface area contributed by atoms with Crippen LogP contribution in [0.1, 0.15) is 30.4 Å². The Bertz CT molecular complexity index is 996. The fraction of sp³-hybridized carbons (Fsp3) is 0.250. The smallest absolute Gasteiger partial charge is 0.162 e. The summed E-state index contributed by atoms with van der Waals surface area (Å²) in [5, 5.41) is 1.80. The van der Waals surface area contributed by atoms with Gasteiger partial charge in [0.25, 0.3) is 0 Å². The SMILES string of the molecule is CCOc1ccc(-c2nc(CS(=O)(=O)C(C)c3ccc(F)cc3)cs2)cc1. The molecule has 0 spiro atoms. The molecular weight excluding hydrogens is 385 g/mol. The Morgan fingerprint density at radius 1 is 1.11 bits per heavy atom. The molecule has 1 atom stereocenters. The predicted molar refractivity (Wildman–Crippen MR) is 106 cm³/mol. The maximum Gasteiger partial charge on any atom is 0.162 e. The van der Waals surface area contributed by atoms with Gasteiger partial charge in [-0.2, -0.15) is 0 Å². The van der Waals surface area contributed by atoms with Gasteiger partial charge in [-0.05, 0) is 55.8 Å². The highest BCUT2D eigenvalue weighted by atomic mass is 32.2. The van der Waals surface area contributed by atoms with E-state index < -0.39 is 15.1 Å². The third-order valence-corrected chi connectivity index (χ3v) is 7.18. The van der Waals surface area contributed by atoms with Crippen molar-refractivity contribution in [3.8, 4) is 16.3 Å². The third-order valence-electron chi connectivity index (χ3n) is 4.19. The summed E-state index contributed by atoms with van der Waals surface area (Å²) in [6, 6.07) is 13.1. The molecule has 0 N–H and O–H groups in total. The summed E-state index contributed by atoms with van der Waals surface area (Å²) in [6.07, 6.45) is 0. The molecule has 7 heteroatoms. The fourth-order valence-electron chi connectivity index (χ4n) is 2.64.